The molecule has 0 spiro atoms. The number of hydrogen-bond acceptors (Lipinski definition) is 8. The van der Waals surface area contributed by atoms with Gasteiger partial charge in [-0.2, -0.15) is 0 Å². The summed E-state index contributed by atoms with van der Waals surface area (Å²) >= 11 is 0. The van der Waals surface area contributed by atoms with Crippen LogP contribution in [0.5, 0.6) is 5.75 Å². The fourth-order valence-electron chi connectivity index (χ4n) is 3.61. The predicted octanol–water partition coefficient (Wildman–Crippen LogP) is 1.58. The Morgan fingerprint density at radius 3 is 2.67 bits per heavy atom. The van der Waals surface area contributed by atoms with E-state index in [1.54, 1.807) is 31.4 Å². The highest BCUT2D eigenvalue weighted by atomic mass is 16.3. The molecular formula is C21H25N7O2. The van der Waals surface area contributed by atoms with Crippen LogP contribution < -0.4 is 15.8 Å². The highest BCUT2D eigenvalue weighted by molar-refractivity contribution is 5.72. The largest absolute Gasteiger partial charge is 0.507 e. The highest BCUT2D eigenvalue weighted by Gasteiger charge is 2.25. The van der Waals surface area contributed by atoms with Crippen LogP contribution in [0.3, 0.4) is 0 Å². The number of aromatic nitrogens is 5. The van der Waals surface area contributed by atoms with Gasteiger partial charge in [0.05, 0.1) is 18.2 Å². The molecule has 1 saturated heterocycles. The second kappa shape index (κ2) is 8.19. The van der Waals surface area contributed by atoms with Crippen LogP contribution in [0.1, 0.15) is 20.3 Å². The van der Waals surface area contributed by atoms with Gasteiger partial charge in [-0.25, -0.2) is 9.97 Å². The lowest BCUT2D eigenvalue weighted by atomic mass is 10.1. The molecule has 3 heterocycles. The van der Waals surface area contributed by atoms with Gasteiger partial charge < -0.3 is 19.9 Å². The second-order valence-electron chi connectivity index (χ2n) is 7.85. The average Bonchev–Trinajstić information content (AvgIpc) is 3.18. The molecule has 1 aliphatic heterocycles. The molecule has 0 saturated carbocycles. The molecule has 30 heavy (non-hydrogen) atoms. The van der Waals surface area contributed by atoms with E-state index in [1.165, 1.54) is 17.0 Å². The zero-order chi connectivity index (χ0) is 21.3. The van der Waals surface area contributed by atoms with Crippen LogP contribution in [0.2, 0.25) is 0 Å². The van der Waals surface area contributed by atoms with Crippen molar-refractivity contribution in [3.8, 4) is 28.3 Å². The molecule has 3 aromatic rings. The van der Waals surface area contributed by atoms with Crippen molar-refractivity contribution >= 4 is 5.95 Å². The Bertz CT molecular complexity index is 1100. The Morgan fingerprint density at radius 2 is 2.00 bits per heavy atom. The molecule has 0 amide bonds. The van der Waals surface area contributed by atoms with Crippen LogP contribution in [-0.2, 0) is 7.05 Å². The van der Waals surface area contributed by atoms with Crippen molar-refractivity contribution in [2.75, 3.05) is 18.0 Å². The Hall–Kier alpha value is -3.33. The normalized spacial score (nSPS) is 16.4. The fourth-order valence-corrected chi connectivity index (χ4v) is 3.61. The summed E-state index contributed by atoms with van der Waals surface area (Å²) in [4.78, 5) is 22.6. The molecule has 0 bridgehead atoms. The van der Waals surface area contributed by atoms with E-state index in [2.05, 4.69) is 44.2 Å². The van der Waals surface area contributed by atoms with Gasteiger partial charge in [0.1, 0.15) is 11.4 Å². The first kappa shape index (κ1) is 20.0. The maximum atomic E-state index is 11.8. The van der Waals surface area contributed by atoms with Crippen LogP contribution >= 0.6 is 0 Å². The zero-order valence-corrected chi connectivity index (χ0v) is 17.3. The van der Waals surface area contributed by atoms with Crippen LogP contribution in [-0.4, -0.2) is 55.0 Å². The Morgan fingerprint density at radius 1 is 1.17 bits per heavy atom. The number of benzene rings is 1. The molecule has 1 atom stereocenters. The summed E-state index contributed by atoms with van der Waals surface area (Å²) < 4.78 is 1.39. The van der Waals surface area contributed by atoms with E-state index < -0.39 is 0 Å². The van der Waals surface area contributed by atoms with Crippen LogP contribution in [0, 0.1) is 0 Å². The van der Waals surface area contributed by atoms with Crippen molar-refractivity contribution < 1.29 is 5.11 Å². The van der Waals surface area contributed by atoms with Crippen molar-refractivity contribution in [2.45, 2.75) is 32.4 Å². The third kappa shape index (κ3) is 4.16. The van der Waals surface area contributed by atoms with Crippen molar-refractivity contribution in [3.05, 3.63) is 47.1 Å². The van der Waals surface area contributed by atoms with E-state index in [1.807, 2.05) is 0 Å². The minimum Gasteiger partial charge on any atom is -0.507 e. The molecule has 1 aromatic carbocycles. The fraction of sp³-hybridized carbons (Fsp3) is 0.381. The van der Waals surface area contributed by atoms with E-state index >= 15 is 0 Å². The van der Waals surface area contributed by atoms with E-state index in [-0.39, 0.29) is 11.3 Å². The first-order valence-corrected chi connectivity index (χ1v) is 9.98. The molecule has 0 radical (unpaired) electrons. The molecule has 1 fully saturated rings. The van der Waals surface area contributed by atoms with E-state index in [9.17, 15) is 9.90 Å². The third-order valence-corrected chi connectivity index (χ3v) is 5.14. The SMILES string of the molecule is CC(C)NC1CCN(c2ncc(-c3ccc(-c4cc(=O)n(C)cn4)cc3O)nn2)C1. The van der Waals surface area contributed by atoms with Crippen molar-refractivity contribution in [2.24, 2.45) is 7.05 Å². The molecule has 156 valence electrons. The minimum absolute atomic E-state index is 0.0289. The number of anilines is 1. The van der Waals surface area contributed by atoms with Crippen LogP contribution in [0.25, 0.3) is 22.5 Å². The van der Waals surface area contributed by atoms with Gasteiger partial charge in [0, 0.05) is 49.4 Å². The number of aromatic hydroxyl groups is 1. The molecule has 2 aromatic heterocycles. The molecule has 0 aliphatic carbocycles. The summed E-state index contributed by atoms with van der Waals surface area (Å²) in [5.74, 6) is 0.619. The van der Waals surface area contributed by atoms with Gasteiger partial charge in [0.25, 0.3) is 5.56 Å². The van der Waals surface area contributed by atoms with Gasteiger partial charge in [0.2, 0.25) is 5.95 Å². The summed E-state index contributed by atoms with van der Waals surface area (Å²) in [6.45, 7) is 6.01. The Labute approximate surface area is 174 Å². The van der Waals surface area contributed by atoms with Crippen LogP contribution in [0.4, 0.5) is 5.95 Å². The molecule has 9 heteroatoms. The van der Waals surface area contributed by atoms with E-state index in [0.29, 0.717) is 40.5 Å². The van der Waals surface area contributed by atoms with Gasteiger partial charge in [-0.3, -0.25) is 4.79 Å². The number of aryl methyl sites for hydroxylation is 1. The summed E-state index contributed by atoms with van der Waals surface area (Å²) in [5.41, 5.74) is 1.98. The summed E-state index contributed by atoms with van der Waals surface area (Å²) in [5, 5.41) is 22.6. The predicted molar refractivity (Wildman–Crippen MR) is 114 cm³/mol. The molecular weight excluding hydrogens is 382 g/mol. The smallest absolute Gasteiger partial charge is 0.253 e. The molecule has 1 aliphatic rings. The number of rotatable bonds is 5. The number of nitrogens with zero attached hydrogens (tertiary/aromatic N) is 6. The van der Waals surface area contributed by atoms with Crippen molar-refractivity contribution in [1.82, 2.24) is 30.0 Å². The third-order valence-electron chi connectivity index (χ3n) is 5.14. The lowest BCUT2D eigenvalue weighted by Crippen LogP contribution is -2.37. The first-order chi connectivity index (χ1) is 14.4. The lowest BCUT2D eigenvalue weighted by molar-refractivity contribution is 0.477. The molecule has 2 N–H and O–H groups in total. The lowest BCUT2D eigenvalue weighted by Gasteiger charge is -2.18. The number of hydrogen-bond donors (Lipinski definition) is 2. The van der Waals surface area contributed by atoms with Gasteiger partial charge in [0.15, 0.2) is 0 Å². The number of nitrogens with one attached hydrogen (secondary N) is 1. The highest BCUT2D eigenvalue weighted by Crippen LogP contribution is 2.31. The van der Waals surface area contributed by atoms with Crippen molar-refractivity contribution in [3.63, 3.8) is 0 Å². The summed E-state index contributed by atoms with van der Waals surface area (Å²) in [7, 11) is 1.64. The molecule has 1 unspecified atom stereocenters. The van der Waals surface area contributed by atoms with Gasteiger partial charge >= 0.3 is 0 Å². The van der Waals surface area contributed by atoms with E-state index in [0.717, 1.165) is 19.5 Å². The number of phenolic OH excluding ortho intramolecular Hbond substituents is 1. The van der Waals surface area contributed by atoms with Crippen molar-refractivity contribution in [1.29, 1.82) is 0 Å². The second-order valence-corrected chi connectivity index (χ2v) is 7.85. The standard InChI is InChI=1S/C21H25N7O2/c1-13(2)24-15-6-7-28(11-15)21-22-10-18(25-26-21)16-5-4-14(8-19(16)29)17-9-20(30)27(3)12-23-17/h4-5,8-10,12-13,15,24,29H,6-7,11H2,1-3H3. The monoisotopic (exact) mass is 407 g/mol. The summed E-state index contributed by atoms with van der Waals surface area (Å²) in [6.07, 6.45) is 4.12. The van der Waals surface area contributed by atoms with Gasteiger partial charge in [-0.05, 0) is 18.6 Å². The summed E-state index contributed by atoms with van der Waals surface area (Å²) in [6, 6.07) is 7.38. The maximum absolute atomic E-state index is 11.8. The van der Waals surface area contributed by atoms with Gasteiger partial charge in [-0.15, -0.1) is 10.2 Å². The first-order valence-electron chi connectivity index (χ1n) is 9.98. The zero-order valence-electron chi connectivity index (χ0n) is 17.3. The average molecular weight is 407 g/mol. The minimum atomic E-state index is -0.165. The molecule has 4 rings (SSSR count). The van der Waals surface area contributed by atoms with Crippen LogP contribution in [0.15, 0.2) is 41.6 Å². The van der Waals surface area contributed by atoms with E-state index in [4.69, 9.17) is 0 Å². The number of phenols is 1. The van der Waals surface area contributed by atoms with Gasteiger partial charge in [-0.1, -0.05) is 19.9 Å². The topological polar surface area (TPSA) is 109 Å². The maximum Gasteiger partial charge on any atom is 0.253 e. The quantitative estimate of drug-likeness (QED) is 0.656. The Balaban J connectivity index is 1.52. The Kier molecular flexibility index (Phi) is 5.45. The molecule has 9 nitrogen and oxygen atoms in total.